The fourth-order valence-electron chi connectivity index (χ4n) is 2.69. The van der Waals surface area contributed by atoms with Crippen molar-refractivity contribution in [1.82, 2.24) is 4.98 Å². The Bertz CT molecular complexity index is 670. The number of benzene rings is 1. The Kier molecular flexibility index (Phi) is 3.73. The number of aromatic nitrogens is 1. The number of hydrogen-bond acceptors (Lipinski definition) is 5. The lowest BCUT2D eigenvalue weighted by molar-refractivity contribution is 0.317. The minimum atomic E-state index is 0.650. The van der Waals surface area contributed by atoms with Crippen molar-refractivity contribution in [3.63, 3.8) is 0 Å². The maximum absolute atomic E-state index is 9.14. The van der Waals surface area contributed by atoms with Crippen molar-refractivity contribution < 1.29 is 9.94 Å². The molecular formula is C16H17N3O2. The Morgan fingerprint density at radius 3 is 2.95 bits per heavy atom. The second kappa shape index (κ2) is 5.83. The van der Waals surface area contributed by atoms with Gasteiger partial charge in [0, 0.05) is 42.5 Å². The van der Waals surface area contributed by atoms with E-state index < -0.39 is 0 Å². The van der Waals surface area contributed by atoms with Crippen LogP contribution in [0, 0.1) is 0 Å². The van der Waals surface area contributed by atoms with Gasteiger partial charge in [-0.3, -0.25) is 0 Å². The first-order valence-electron chi connectivity index (χ1n) is 6.86. The van der Waals surface area contributed by atoms with E-state index in [-0.39, 0.29) is 0 Å². The Balaban J connectivity index is 1.94. The van der Waals surface area contributed by atoms with Crippen LogP contribution in [0.5, 0.6) is 5.88 Å². The molecule has 1 aliphatic rings. The van der Waals surface area contributed by atoms with Crippen molar-refractivity contribution in [3.8, 4) is 5.88 Å². The lowest BCUT2D eigenvalue weighted by atomic mass is 9.99. The SMILES string of the molecule is COc1ncccc1CN1CC/C(=N/O)c2ccccc21. The molecule has 5 nitrogen and oxygen atoms in total. The highest BCUT2D eigenvalue weighted by Gasteiger charge is 2.22. The zero-order valence-corrected chi connectivity index (χ0v) is 11.9. The van der Waals surface area contributed by atoms with Gasteiger partial charge >= 0.3 is 0 Å². The smallest absolute Gasteiger partial charge is 0.218 e. The maximum Gasteiger partial charge on any atom is 0.218 e. The molecule has 0 bridgehead atoms. The van der Waals surface area contributed by atoms with Crippen LogP contribution in [0.1, 0.15) is 17.5 Å². The van der Waals surface area contributed by atoms with Gasteiger partial charge in [-0.05, 0) is 12.1 Å². The van der Waals surface area contributed by atoms with Gasteiger partial charge in [-0.15, -0.1) is 0 Å². The molecular weight excluding hydrogens is 266 g/mol. The van der Waals surface area contributed by atoms with Gasteiger partial charge in [-0.25, -0.2) is 4.98 Å². The van der Waals surface area contributed by atoms with Crippen LogP contribution < -0.4 is 9.64 Å². The van der Waals surface area contributed by atoms with E-state index in [2.05, 4.69) is 15.0 Å². The Hall–Kier alpha value is -2.56. The average Bonchev–Trinajstić information content (AvgIpc) is 2.55. The van der Waals surface area contributed by atoms with E-state index in [1.165, 1.54) is 0 Å². The number of fused-ring (bicyclic) bond motifs is 1. The van der Waals surface area contributed by atoms with Crippen LogP contribution in [0.15, 0.2) is 47.8 Å². The molecule has 21 heavy (non-hydrogen) atoms. The molecule has 0 saturated carbocycles. The summed E-state index contributed by atoms with van der Waals surface area (Å²) in [4.78, 5) is 6.49. The molecule has 1 aromatic carbocycles. The number of pyridine rings is 1. The molecule has 0 atom stereocenters. The van der Waals surface area contributed by atoms with E-state index in [4.69, 9.17) is 9.94 Å². The van der Waals surface area contributed by atoms with Gasteiger partial charge in [0.25, 0.3) is 0 Å². The second-order valence-corrected chi connectivity index (χ2v) is 4.91. The summed E-state index contributed by atoms with van der Waals surface area (Å²) in [5.74, 6) is 0.650. The zero-order valence-electron chi connectivity index (χ0n) is 11.9. The highest BCUT2D eigenvalue weighted by atomic mass is 16.5. The van der Waals surface area contributed by atoms with Crippen molar-refractivity contribution in [3.05, 3.63) is 53.7 Å². The fourth-order valence-corrected chi connectivity index (χ4v) is 2.69. The third kappa shape index (κ3) is 2.54. The molecule has 1 aliphatic heterocycles. The third-order valence-electron chi connectivity index (χ3n) is 3.70. The van der Waals surface area contributed by atoms with Crippen molar-refractivity contribution >= 4 is 11.4 Å². The molecule has 0 unspecified atom stereocenters. The number of methoxy groups -OCH3 is 1. The van der Waals surface area contributed by atoms with Crippen molar-refractivity contribution in [2.45, 2.75) is 13.0 Å². The Morgan fingerprint density at radius 2 is 2.14 bits per heavy atom. The second-order valence-electron chi connectivity index (χ2n) is 4.91. The third-order valence-corrected chi connectivity index (χ3v) is 3.70. The summed E-state index contributed by atoms with van der Waals surface area (Å²) in [6.45, 7) is 1.52. The maximum atomic E-state index is 9.14. The number of nitrogens with zero attached hydrogens (tertiary/aromatic N) is 3. The Labute approximate surface area is 123 Å². The number of hydrogen-bond donors (Lipinski definition) is 1. The monoisotopic (exact) mass is 283 g/mol. The molecule has 108 valence electrons. The normalized spacial score (nSPS) is 15.9. The lowest BCUT2D eigenvalue weighted by Gasteiger charge is -2.31. The summed E-state index contributed by atoms with van der Waals surface area (Å²) >= 11 is 0. The van der Waals surface area contributed by atoms with Crippen LogP contribution in [0.25, 0.3) is 0 Å². The number of oxime groups is 1. The van der Waals surface area contributed by atoms with E-state index in [1.54, 1.807) is 13.3 Å². The molecule has 0 aliphatic carbocycles. The standard InChI is InChI=1S/C16H17N3O2/c1-21-16-12(5-4-9-17-16)11-19-10-8-14(18-20)13-6-2-3-7-15(13)19/h2-7,9,20H,8,10-11H2,1H3/b18-14-. The molecule has 0 saturated heterocycles. The number of ether oxygens (including phenoxy) is 1. The van der Waals surface area contributed by atoms with Gasteiger partial charge in [0.2, 0.25) is 5.88 Å². The van der Waals surface area contributed by atoms with Crippen LogP contribution >= 0.6 is 0 Å². The first-order chi connectivity index (χ1) is 10.3. The molecule has 5 heteroatoms. The van der Waals surface area contributed by atoms with Crippen LogP contribution in [0.3, 0.4) is 0 Å². The molecule has 2 heterocycles. The van der Waals surface area contributed by atoms with Crippen molar-refractivity contribution in [2.24, 2.45) is 5.16 Å². The number of para-hydroxylation sites is 1. The van der Waals surface area contributed by atoms with Gasteiger partial charge in [-0.2, -0.15) is 0 Å². The van der Waals surface area contributed by atoms with E-state index in [9.17, 15) is 0 Å². The summed E-state index contributed by atoms with van der Waals surface area (Å²) in [5, 5.41) is 12.6. The van der Waals surface area contributed by atoms with Gasteiger partial charge in [0.05, 0.1) is 12.8 Å². The first-order valence-corrected chi connectivity index (χ1v) is 6.86. The van der Waals surface area contributed by atoms with Crippen LogP contribution in [0.4, 0.5) is 5.69 Å². The van der Waals surface area contributed by atoms with Gasteiger partial charge < -0.3 is 14.8 Å². The topological polar surface area (TPSA) is 58.0 Å². The van der Waals surface area contributed by atoms with E-state index >= 15 is 0 Å². The summed E-state index contributed by atoms with van der Waals surface area (Å²) < 4.78 is 5.32. The van der Waals surface area contributed by atoms with Crippen LogP contribution in [0.2, 0.25) is 0 Å². The largest absolute Gasteiger partial charge is 0.481 e. The quantitative estimate of drug-likeness (QED) is 0.695. The predicted molar refractivity (Wildman–Crippen MR) is 81.2 cm³/mol. The highest BCUT2D eigenvalue weighted by molar-refractivity contribution is 6.06. The summed E-state index contributed by atoms with van der Waals surface area (Å²) in [6.07, 6.45) is 2.44. The number of anilines is 1. The minimum absolute atomic E-state index is 0.650. The van der Waals surface area contributed by atoms with E-state index in [0.29, 0.717) is 12.4 Å². The van der Waals surface area contributed by atoms with E-state index in [1.807, 2.05) is 36.4 Å². The van der Waals surface area contributed by atoms with Crippen molar-refractivity contribution in [2.75, 3.05) is 18.6 Å². The molecule has 1 N–H and O–H groups in total. The fraction of sp³-hybridized carbons (Fsp3) is 0.250. The summed E-state index contributed by atoms with van der Waals surface area (Å²) in [6, 6.07) is 11.9. The highest BCUT2D eigenvalue weighted by Crippen LogP contribution is 2.29. The summed E-state index contributed by atoms with van der Waals surface area (Å²) in [5.41, 5.74) is 3.83. The van der Waals surface area contributed by atoms with Gasteiger partial charge in [0.1, 0.15) is 0 Å². The summed E-state index contributed by atoms with van der Waals surface area (Å²) in [7, 11) is 1.63. The molecule has 3 rings (SSSR count). The molecule has 0 amide bonds. The van der Waals surface area contributed by atoms with E-state index in [0.717, 1.165) is 35.5 Å². The molecule has 0 fully saturated rings. The zero-order chi connectivity index (χ0) is 14.7. The Morgan fingerprint density at radius 1 is 1.29 bits per heavy atom. The number of rotatable bonds is 3. The van der Waals surface area contributed by atoms with Gasteiger partial charge in [-0.1, -0.05) is 29.4 Å². The lowest BCUT2D eigenvalue weighted by Crippen LogP contribution is -2.32. The van der Waals surface area contributed by atoms with Crippen molar-refractivity contribution in [1.29, 1.82) is 0 Å². The minimum Gasteiger partial charge on any atom is -0.481 e. The molecule has 2 aromatic rings. The van der Waals surface area contributed by atoms with Gasteiger partial charge in [0.15, 0.2) is 0 Å². The molecule has 1 aromatic heterocycles. The molecule has 0 radical (unpaired) electrons. The average molecular weight is 283 g/mol. The van der Waals surface area contributed by atoms with Crippen LogP contribution in [-0.2, 0) is 6.54 Å². The van der Waals surface area contributed by atoms with Crippen LogP contribution in [-0.4, -0.2) is 29.6 Å². The predicted octanol–water partition coefficient (Wildman–Crippen LogP) is 2.68. The molecule has 0 spiro atoms. The first kappa shape index (κ1) is 13.4.